The molecule has 6 nitrogen and oxygen atoms in total. The SMILES string of the molecule is Cc1nc(COc2ccc(C(=O)N3CCC[C@@H]3c3nc4ccccc4[nH]3)cc2)cs1. The molecule has 1 aliphatic heterocycles. The van der Waals surface area contributed by atoms with E-state index in [9.17, 15) is 4.79 Å². The fraction of sp³-hybridized carbons (Fsp3) is 0.261. The summed E-state index contributed by atoms with van der Waals surface area (Å²) >= 11 is 1.61. The van der Waals surface area contributed by atoms with Crippen molar-refractivity contribution in [1.82, 2.24) is 19.9 Å². The zero-order chi connectivity index (χ0) is 20.5. The molecule has 0 spiro atoms. The van der Waals surface area contributed by atoms with Gasteiger partial charge in [-0.2, -0.15) is 0 Å². The van der Waals surface area contributed by atoms with Crippen LogP contribution in [0, 0.1) is 6.92 Å². The summed E-state index contributed by atoms with van der Waals surface area (Å²) in [7, 11) is 0. The number of aromatic amines is 1. The number of aromatic nitrogens is 3. The summed E-state index contributed by atoms with van der Waals surface area (Å²) in [5, 5.41) is 3.03. The molecule has 3 heterocycles. The molecule has 5 rings (SSSR count). The van der Waals surface area contributed by atoms with Gasteiger partial charge in [0.05, 0.1) is 27.8 Å². The first-order valence-corrected chi connectivity index (χ1v) is 10.9. The maximum Gasteiger partial charge on any atom is 0.254 e. The molecular formula is C23H22N4O2S. The van der Waals surface area contributed by atoms with Crippen molar-refractivity contribution in [3.05, 3.63) is 76.0 Å². The lowest BCUT2D eigenvalue weighted by Gasteiger charge is -2.23. The van der Waals surface area contributed by atoms with E-state index in [4.69, 9.17) is 9.72 Å². The van der Waals surface area contributed by atoms with Crippen molar-refractivity contribution in [2.75, 3.05) is 6.54 Å². The number of nitrogens with zero attached hydrogens (tertiary/aromatic N) is 3. The number of thiazole rings is 1. The number of H-pyrrole nitrogens is 1. The van der Waals surface area contributed by atoms with E-state index in [1.54, 1.807) is 11.3 Å². The number of amides is 1. The number of hydrogen-bond donors (Lipinski definition) is 1. The standard InChI is InChI=1S/C23H22N4O2S/c1-15-24-17(14-30-15)13-29-18-10-8-16(9-11-18)23(28)27-12-4-7-21(27)22-25-19-5-2-3-6-20(19)26-22/h2-3,5-6,8-11,14,21H,4,7,12-13H2,1H3,(H,25,26)/t21-/m1/s1. The highest BCUT2D eigenvalue weighted by molar-refractivity contribution is 7.09. The Morgan fingerprint density at radius 1 is 1.20 bits per heavy atom. The number of para-hydroxylation sites is 2. The highest BCUT2D eigenvalue weighted by Crippen LogP contribution is 2.33. The Balaban J connectivity index is 1.29. The molecule has 1 aliphatic rings. The van der Waals surface area contributed by atoms with Gasteiger partial charge in [-0.25, -0.2) is 9.97 Å². The smallest absolute Gasteiger partial charge is 0.254 e. The summed E-state index contributed by atoms with van der Waals surface area (Å²) < 4.78 is 5.79. The molecule has 0 radical (unpaired) electrons. The van der Waals surface area contributed by atoms with Crippen molar-refractivity contribution in [2.24, 2.45) is 0 Å². The van der Waals surface area contributed by atoms with Crippen LogP contribution in [0.3, 0.4) is 0 Å². The van der Waals surface area contributed by atoms with Gasteiger partial charge in [-0.15, -0.1) is 11.3 Å². The van der Waals surface area contributed by atoms with Crippen molar-refractivity contribution in [3.63, 3.8) is 0 Å². The van der Waals surface area contributed by atoms with Gasteiger partial charge < -0.3 is 14.6 Å². The van der Waals surface area contributed by atoms with Crippen molar-refractivity contribution < 1.29 is 9.53 Å². The largest absolute Gasteiger partial charge is 0.487 e. The maximum atomic E-state index is 13.2. The van der Waals surface area contributed by atoms with Crippen molar-refractivity contribution >= 4 is 28.3 Å². The summed E-state index contributed by atoms with van der Waals surface area (Å²) in [5.74, 6) is 1.62. The molecular weight excluding hydrogens is 396 g/mol. The second-order valence-electron chi connectivity index (χ2n) is 7.47. The lowest BCUT2D eigenvalue weighted by atomic mass is 10.1. The van der Waals surface area contributed by atoms with Crippen LogP contribution in [0.2, 0.25) is 0 Å². The number of rotatable bonds is 5. The fourth-order valence-corrected chi connectivity index (χ4v) is 4.51. The first-order chi connectivity index (χ1) is 14.7. The third-order valence-electron chi connectivity index (χ3n) is 5.39. The van der Waals surface area contributed by atoms with E-state index < -0.39 is 0 Å². The Morgan fingerprint density at radius 2 is 2.03 bits per heavy atom. The molecule has 1 N–H and O–H groups in total. The van der Waals surface area contributed by atoms with Gasteiger partial charge in [0.25, 0.3) is 5.91 Å². The average Bonchev–Trinajstić information content (AvgIpc) is 3.50. The Morgan fingerprint density at radius 3 is 2.80 bits per heavy atom. The molecule has 1 fully saturated rings. The number of nitrogens with one attached hydrogen (secondary N) is 1. The van der Waals surface area contributed by atoms with Crippen LogP contribution in [0.25, 0.3) is 11.0 Å². The van der Waals surface area contributed by atoms with Gasteiger partial charge in [0.1, 0.15) is 18.2 Å². The number of ether oxygens (including phenoxy) is 1. The number of hydrogen-bond acceptors (Lipinski definition) is 5. The molecule has 7 heteroatoms. The number of imidazole rings is 1. The number of carbonyl (C=O) groups excluding carboxylic acids is 1. The average molecular weight is 419 g/mol. The maximum absolute atomic E-state index is 13.2. The zero-order valence-electron chi connectivity index (χ0n) is 16.7. The molecule has 0 saturated carbocycles. The van der Waals surface area contributed by atoms with E-state index in [0.29, 0.717) is 12.2 Å². The second kappa shape index (κ2) is 7.91. The highest BCUT2D eigenvalue weighted by atomic mass is 32.1. The molecule has 0 bridgehead atoms. The van der Waals surface area contributed by atoms with Crippen LogP contribution in [-0.4, -0.2) is 32.3 Å². The number of fused-ring (bicyclic) bond motifs is 1. The molecule has 30 heavy (non-hydrogen) atoms. The Labute approximate surface area is 178 Å². The van der Waals surface area contributed by atoms with Gasteiger partial charge in [-0.1, -0.05) is 12.1 Å². The number of likely N-dealkylation sites (tertiary alicyclic amines) is 1. The molecule has 1 saturated heterocycles. The third-order valence-corrected chi connectivity index (χ3v) is 6.21. The van der Waals surface area contributed by atoms with Gasteiger partial charge in [-0.05, 0) is 56.2 Å². The number of carbonyl (C=O) groups is 1. The fourth-order valence-electron chi connectivity index (χ4n) is 3.92. The van der Waals surface area contributed by atoms with Crippen molar-refractivity contribution in [3.8, 4) is 5.75 Å². The van der Waals surface area contributed by atoms with Crippen LogP contribution in [0.15, 0.2) is 53.9 Å². The van der Waals surface area contributed by atoms with Gasteiger partial charge >= 0.3 is 0 Å². The number of aryl methyl sites for hydroxylation is 1. The summed E-state index contributed by atoms with van der Waals surface area (Å²) in [6, 6.07) is 15.3. The summed E-state index contributed by atoms with van der Waals surface area (Å²) in [5.41, 5.74) is 3.52. The van der Waals surface area contributed by atoms with E-state index in [0.717, 1.165) is 52.7 Å². The van der Waals surface area contributed by atoms with E-state index in [-0.39, 0.29) is 11.9 Å². The van der Waals surface area contributed by atoms with Crippen LogP contribution in [0.4, 0.5) is 0 Å². The molecule has 1 atom stereocenters. The monoisotopic (exact) mass is 418 g/mol. The molecule has 152 valence electrons. The first-order valence-electron chi connectivity index (χ1n) is 10.1. The summed E-state index contributed by atoms with van der Waals surface area (Å²) in [4.78, 5) is 27.6. The zero-order valence-corrected chi connectivity index (χ0v) is 17.5. The predicted molar refractivity (Wildman–Crippen MR) is 117 cm³/mol. The quantitative estimate of drug-likeness (QED) is 0.501. The lowest BCUT2D eigenvalue weighted by Crippen LogP contribution is -2.31. The Kier molecular flexibility index (Phi) is 4.96. The van der Waals surface area contributed by atoms with Gasteiger partial charge in [0.15, 0.2) is 0 Å². The van der Waals surface area contributed by atoms with Gasteiger partial charge in [0, 0.05) is 17.5 Å². The predicted octanol–water partition coefficient (Wildman–Crippen LogP) is 4.88. The third kappa shape index (κ3) is 3.68. The molecule has 0 aliphatic carbocycles. The van der Waals surface area contributed by atoms with Crippen LogP contribution in [-0.2, 0) is 6.61 Å². The van der Waals surface area contributed by atoms with Crippen LogP contribution < -0.4 is 4.74 Å². The number of benzene rings is 2. The van der Waals surface area contributed by atoms with Gasteiger partial charge in [-0.3, -0.25) is 4.79 Å². The van der Waals surface area contributed by atoms with Crippen LogP contribution in [0.5, 0.6) is 5.75 Å². The molecule has 1 amide bonds. The second-order valence-corrected chi connectivity index (χ2v) is 8.53. The van der Waals surface area contributed by atoms with Gasteiger partial charge in [0.2, 0.25) is 0 Å². The molecule has 2 aromatic heterocycles. The lowest BCUT2D eigenvalue weighted by molar-refractivity contribution is 0.0730. The minimum absolute atomic E-state index is 0.0197. The van der Waals surface area contributed by atoms with Crippen molar-refractivity contribution in [2.45, 2.75) is 32.4 Å². The summed E-state index contributed by atoms with van der Waals surface area (Å²) in [6.07, 6.45) is 1.89. The molecule has 2 aromatic carbocycles. The van der Waals surface area contributed by atoms with Crippen LogP contribution >= 0.6 is 11.3 Å². The normalized spacial score (nSPS) is 16.3. The Bertz CT molecular complexity index is 1150. The molecule has 4 aromatic rings. The van der Waals surface area contributed by atoms with Crippen LogP contribution in [0.1, 0.15) is 45.8 Å². The topological polar surface area (TPSA) is 71.1 Å². The minimum Gasteiger partial charge on any atom is -0.487 e. The molecule has 0 unspecified atom stereocenters. The van der Waals surface area contributed by atoms with E-state index >= 15 is 0 Å². The van der Waals surface area contributed by atoms with E-state index in [1.165, 1.54) is 0 Å². The van der Waals surface area contributed by atoms with Crippen molar-refractivity contribution in [1.29, 1.82) is 0 Å². The van der Waals surface area contributed by atoms with E-state index in [1.807, 2.05) is 65.7 Å². The minimum atomic E-state index is -0.0197. The highest BCUT2D eigenvalue weighted by Gasteiger charge is 2.32. The van der Waals surface area contributed by atoms with E-state index in [2.05, 4.69) is 9.97 Å². The summed E-state index contributed by atoms with van der Waals surface area (Å²) in [6.45, 7) is 3.14. The first kappa shape index (κ1) is 18.8. The Hall–Kier alpha value is -3.19.